The Kier molecular flexibility index (Phi) is 6.89. The van der Waals surface area contributed by atoms with Crippen molar-refractivity contribution in [2.75, 3.05) is 5.75 Å². The van der Waals surface area contributed by atoms with Gasteiger partial charge in [0.05, 0.1) is 0 Å². The third-order valence-corrected chi connectivity index (χ3v) is 7.13. The molecule has 1 aromatic heterocycles. The van der Waals surface area contributed by atoms with Crippen LogP contribution in [0.1, 0.15) is 32.3 Å². The first kappa shape index (κ1) is 21.8. The van der Waals surface area contributed by atoms with Crippen LogP contribution in [0.4, 0.5) is 0 Å². The Morgan fingerprint density at radius 1 is 0.903 bits per heavy atom. The van der Waals surface area contributed by atoms with Gasteiger partial charge < -0.3 is 17.0 Å². The summed E-state index contributed by atoms with van der Waals surface area (Å²) in [4.78, 5) is 12.4. The highest BCUT2D eigenvalue weighted by Gasteiger charge is 2.24. The molecular formula is C27H24BrNOS. The second-order valence-electron chi connectivity index (χ2n) is 7.84. The highest BCUT2D eigenvalue weighted by atomic mass is 79.9. The van der Waals surface area contributed by atoms with Gasteiger partial charge in [0, 0.05) is 22.9 Å². The normalized spacial score (nSPS) is 14.4. The molecule has 0 fully saturated rings. The molecule has 0 amide bonds. The lowest BCUT2D eigenvalue weighted by Crippen LogP contribution is -3.00. The molecule has 4 heteroatoms. The van der Waals surface area contributed by atoms with E-state index in [0.29, 0.717) is 11.8 Å². The fraction of sp³-hybridized carbons (Fsp3) is 0.185. The van der Waals surface area contributed by atoms with Crippen molar-refractivity contribution in [3.05, 3.63) is 114 Å². The maximum Gasteiger partial charge on any atom is 0.227 e. The van der Waals surface area contributed by atoms with E-state index in [1.165, 1.54) is 27.5 Å². The Labute approximate surface area is 198 Å². The first-order valence-corrected chi connectivity index (χ1v) is 11.5. The van der Waals surface area contributed by atoms with Crippen LogP contribution in [0.15, 0.2) is 91.3 Å². The lowest BCUT2D eigenvalue weighted by molar-refractivity contribution is -0.683. The van der Waals surface area contributed by atoms with Crippen LogP contribution >= 0.6 is 11.8 Å². The number of carbonyl (C=O) groups is 1. The van der Waals surface area contributed by atoms with E-state index in [1.54, 1.807) is 0 Å². The van der Waals surface area contributed by atoms with Crippen molar-refractivity contribution < 1.29 is 26.3 Å². The Morgan fingerprint density at radius 3 is 2.42 bits per heavy atom. The number of nitrogens with zero attached hydrogens (tertiary/aromatic N) is 1. The number of aryl methyl sites for hydroxylation is 1. The van der Waals surface area contributed by atoms with Crippen LogP contribution in [-0.2, 0) is 19.4 Å². The summed E-state index contributed by atoms with van der Waals surface area (Å²) in [6.45, 7) is 0.378. The molecule has 2 nitrogen and oxygen atoms in total. The molecule has 1 heterocycles. The Hall–Kier alpha value is -2.43. The number of rotatable bonds is 7. The van der Waals surface area contributed by atoms with E-state index in [0.717, 1.165) is 24.2 Å². The molecule has 0 saturated heterocycles. The minimum Gasteiger partial charge on any atom is -1.00 e. The van der Waals surface area contributed by atoms with Gasteiger partial charge in [-0.15, -0.1) is 0 Å². The number of benzene rings is 3. The minimum absolute atomic E-state index is 0. The molecule has 31 heavy (non-hydrogen) atoms. The molecule has 0 saturated carbocycles. The fourth-order valence-corrected chi connectivity index (χ4v) is 5.62. The number of aromatic nitrogens is 1. The summed E-state index contributed by atoms with van der Waals surface area (Å²) in [5.41, 5.74) is 5.07. The van der Waals surface area contributed by atoms with E-state index in [4.69, 9.17) is 0 Å². The van der Waals surface area contributed by atoms with Gasteiger partial charge in [0.1, 0.15) is 0 Å². The van der Waals surface area contributed by atoms with Crippen molar-refractivity contribution in [3.8, 4) is 0 Å². The molecular weight excluding hydrogens is 466 g/mol. The SMILES string of the molecule is O=C(C[n+]1ccc(CCSC2Cc3cccc4cccc2c34)cc1)c1ccccc1.[Br-]. The van der Waals surface area contributed by atoms with Gasteiger partial charge in [-0.3, -0.25) is 4.79 Å². The molecule has 156 valence electrons. The number of ketones is 1. The van der Waals surface area contributed by atoms with Crippen molar-refractivity contribution in [1.29, 1.82) is 0 Å². The molecule has 1 aliphatic rings. The molecule has 0 radical (unpaired) electrons. The van der Waals surface area contributed by atoms with Crippen molar-refractivity contribution >= 4 is 28.3 Å². The molecule has 0 aliphatic heterocycles. The summed E-state index contributed by atoms with van der Waals surface area (Å²) in [5, 5.41) is 3.40. The molecule has 1 atom stereocenters. The summed E-state index contributed by atoms with van der Waals surface area (Å²) in [6.07, 6.45) is 6.22. The Morgan fingerprint density at radius 2 is 1.65 bits per heavy atom. The summed E-state index contributed by atoms with van der Waals surface area (Å²) in [6, 6.07) is 27.1. The van der Waals surface area contributed by atoms with Crippen molar-refractivity contribution in [2.24, 2.45) is 0 Å². The second kappa shape index (κ2) is 9.80. The number of pyridine rings is 1. The van der Waals surface area contributed by atoms with E-state index >= 15 is 0 Å². The number of halogens is 1. The monoisotopic (exact) mass is 489 g/mol. The average molecular weight is 490 g/mol. The Bertz CT molecular complexity index is 1190. The van der Waals surface area contributed by atoms with Gasteiger partial charge in [0.2, 0.25) is 12.3 Å². The van der Waals surface area contributed by atoms with E-state index in [2.05, 4.69) is 60.3 Å². The minimum atomic E-state index is 0. The summed E-state index contributed by atoms with van der Waals surface area (Å²) >= 11 is 2.06. The average Bonchev–Trinajstić information content (AvgIpc) is 3.15. The van der Waals surface area contributed by atoms with Gasteiger partial charge in [-0.2, -0.15) is 16.3 Å². The van der Waals surface area contributed by atoms with Crippen LogP contribution in [-0.4, -0.2) is 11.5 Å². The summed E-state index contributed by atoms with van der Waals surface area (Å²) in [7, 11) is 0. The van der Waals surface area contributed by atoms with Gasteiger partial charge in [0.25, 0.3) is 0 Å². The summed E-state index contributed by atoms with van der Waals surface area (Å²) < 4.78 is 1.96. The maximum absolute atomic E-state index is 12.4. The third kappa shape index (κ3) is 4.76. The van der Waals surface area contributed by atoms with E-state index in [9.17, 15) is 4.79 Å². The van der Waals surface area contributed by atoms with Gasteiger partial charge >= 0.3 is 0 Å². The predicted molar refractivity (Wildman–Crippen MR) is 124 cm³/mol. The quantitative estimate of drug-likeness (QED) is 0.294. The number of hydrogen-bond acceptors (Lipinski definition) is 2. The molecule has 1 unspecified atom stereocenters. The summed E-state index contributed by atoms with van der Waals surface area (Å²) in [5.74, 6) is 1.24. The van der Waals surface area contributed by atoms with Gasteiger partial charge in [-0.1, -0.05) is 66.7 Å². The second-order valence-corrected chi connectivity index (χ2v) is 9.15. The number of carbonyl (C=O) groups excluding carboxylic acids is 1. The van der Waals surface area contributed by atoms with Crippen LogP contribution in [0.2, 0.25) is 0 Å². The first-order chi connectivity index (χ1) is 14.8. The van der Waals surface area contributed by atoms with Gasteiger partial charge in [-0.05, 0) is 46.1 Å². The zero-order valence-electron chi connectivity index (χ0n) is 17.2. The number of hydrogen-bond donors (Lipinski definition) is 0. The van der Waals surface area contributed by atoms with Crippen molar-refractivity contribution in [2.45, 2.75) is 24.6 Å². The predicted octanol–water partition coefficient (Wildman–Crippen LogP) is 2.59. The van der Waals surface area contributed by atoms with E-state index in [-0.39, 0.29) is 22.8 Å². The largest absolute Gasteiger partial charge is 1.00 e. The van der Waals surface area contributed by atoms with E-state index < -0.39 is 0 Å². The third-order valence-electron chi connectivity index (χ3n) is 5.87. The number of thioether (sulfide) groups is 1. The standard InChI is InChI=1S/C27H24NOS.BrH/c29-25(21-6-2-1-3-7-21)19-28-15-12-20(13-16-28)14-17-30-26-18-23-10-4-8-22-9-5-11-24(26)27(22)23;/h1-13,15-16,26H,14,17-19H2;1H/q+1;/p-1. The van der Waals surface area contributed by atoms with Crippen LogP contribution in [0.25, 0.3) is 10.8 Å². The highest BCUT2D eigenvalue weighted by molar-refractivity contribution is 7.99. The Balaban J connectivity index is 0.00000231. The maximum atomic E-state index is 12.4. The molecule has 0 spiro atoms. The first-order valence-electron chi connectivity index (χ1n) is 10.5. The van der Waals surface area contributed by atoms with E-state index in [1.807, 2.05) is 47.3 Å². The zero-order chi connectivity index (χ0) is 20.3. The van der Waals surface area contributed by atoms with Gasteiger partial charge in [0.15, 0.2) is 12.4 Å². The fourth-order valence-electron chi connectivity index (χ4n) is 4.31. The number of Topliss-reactive ketones (excluding diaryl/α,β-unsaturated/α-hetero) is 1. The molecule has 0 bridgehead atoms. The zero-order valence-corrected chi connectivity index (χ0v) is 19.6. The smallest absolute Gasteiger partial charge is 0.227 e. The molecule has 1 aliphatic carbocycles. The van der Waals surface area contributed by atoms with Gasteiger partial charge in [-0.25, -0.2) is 0 Å². The van der Waals surface area contributed by atoms with Crippen molar-refractivity contribution in [1.82, 2.24) is 0 Å². The van der Waals surface area contributed by atoms with Crippen molar-refractivity contribution in [3.63, 3.8) is 0 Å². The molecule has 3 aromatic carbocycles. The topological polar surface area (TPSA) is 20.9 Å². The molecule has 5 rings (SSSR count). The van der Waals surface area contributed by atoms with Crippen LogP contribution in [0.5, 0.6) is 0 Å². The van der Waals surface area contributed by atoms with Crippen LogP contribution in [0, 0.1) is 0 Å². The lowest BCUT2D eigenvalue weighted by Gasteiger charge is -2.11. The molecule has 0 N–H and O–H groups in total. The highest BCUT2D eigenvalue weighted by Crippen LogP contribution is 2.44. The van der Waals surface area contributed by atoms with Crippen LogP contribution in [0.3, 0.4) is 0 Å². The van der Waals surface area contributed by atoms with Crippen LogP contribution < -0.4 is 21.5 Å². The lowest BCUT2D eigenvalue weighted by atomic mass is 10.1. The molecule has 4 aromatic rings.